The van der Waals surface area contributed by atoms with E-state index in [0.717, 1.165) is 4.90 Å². The molecule has 0 radical (unpaired) electrons. The molecule has 138 valence electrons. The molecular weight excluding hydrogens is 386 g/mol. The lowest BCUT2D eigenvalue weighted by molar-refractivity contribution is 0.0962. The van der Waals surface area contributed by atoms with Gasteiger partial charge >= 0.3 is 0 Å². The van der Waals surface area contributed by atoms with Crippen molar-refractivity contribution in [1.82, 2.24) is 15.4 Å². The zero-order valence-electron chi connectivity index (χ0n) is 14.3. The van der Waals surface area contributed by atoms with Crippen LogP contribution in [0.25, 0.3) is 0 Å². The third kappa shape index (κ3) is 4.81. The molecule has 1 aromatic heterocycles. The molecule has 7 nitrogen and oxygen atoms in total. The molecule has 1 heterocycles. The zero-order chi connectivity index (χ0) is 19.2. The Morgan fingerprint density at radius 1 is 1.11 bits per heavy atom. The second-order valence-corrected chi connectivity index (χ2v) is 6.80. The van der Waals surface area contributed by atoms with Gasteiger partial charge < -0.3 is 10.5 Å². The first-order valence-electron chi connectivity index (χ1n) is 7.81. The van der Waals surface area contributed by atoms with E-state index in [1.165, 1.54) is 18.1 Å². The molecule has 9 heteroatoms. The number of nitrogen functional groups attached to an aromatic ring is 1. The van der Waals surface area contributed by atoms with Crippen molar-refractivity contribution in [1.29, 1.82) is 0 Å². The van der Waals surface area contributed by atoms with Gasteiger partial charge in [-0.3, -0.25) is 15.6 Å². The van der Waals surface area contributed by atoms with Crippen LogP contribution in [0.5, 0.6) is 5.75 Å². The standard InChI is InChI=1S/C18H16ClN5O2S/c1-26-13-6-2-11(3-7-13)17(25)24-23-16-15(20)18(22-10-21-16)27-14-8-4-12(19)5-9-14/h2-10H,20H2,1H3,(H,24,25)(H,21,22,23). The number of ether oxygens (including phenoxy) is 1. The first-order valence-corrected chi connectivity index (χ1v) is 9.00. The van der Waals surface area contributed by atoms with E-state index in [9.17, 15) is 4.79 Å². The predicted octanol–water partition coefficient (Wildman–Crippen LogP) is 3.63. The number of nitrogens with zero attached hydrogens (tertiary/aromatic N) is 2. The molecule has 0 spiro atoms. The molecule has 0 unspecified atom stereocenters. The van der Waals surface area contributed by atoms with Crippen LogP contribution in [-0.2, 0) is 0 Å². The van der Waals surface area contributed by atoms with Gasteiger partial charge in [0.25, 0.3) is 5.91 Å². The maximum Gasteiger partial charge on any atom is 0.269 e. The predicted molar refractivity (Wildman–Crippen MR) is 106 cm³/mol. The summed E-state index contributed by atoms with van der Waals surface area (Å²) >= 11 is 7.26. The third-order valence-electron chi connectivity index (χ3n) is 3.52. The van der Waals surface area contributed by atoms with Crippen molar-refractivity contribution in [2.45, 2.75) is 9.92 Å². The second-order valence-electron chi connectivity index (χ2n) is 5.30. The number of carbonyl (C=O) groups is 1. The summed E-state index contributed by atoms with van der Waals surface area (Å²) in [5, 5.41) is 1.21. The van der Waals surface area contributed by atoms with E-state index in [-0.39, 0.29) is 5.91 Å². The minimum absolute atomic E-state index is 0.309. The van der Waals surface area contributed by atoms with Gasteiger partial charge in [-0.05, 0) is 48.5 Å². The van der Waals surface area contributed by atoms with Gasteiger partial charge in [-0.1, -0.05) is 23.4 Å². The van der Waals surface area contributed by atoms with Gasteiger partial charge in [0, 0.05) is 15.5 Å². The van der Waals surface area contributed by atoms with E-state index in [4.69, 9.17) is 22.1 Å². The molecule has 0 fully saturated rings. The van der Waals surface area contributed by atoms with E-state index in [1.807, 2.05) is 12.1 Å². The summed E-state index contributed by atoms with van der Waals surface area (Å²) in [4.78, 5) is 21.4. The number of halogens is 1. The van der Waals surface area contributed by atoms with E-state index in [1.54, 1.807) is 43.5 Å². The number of carbonyl (C=O) groups excluding carboxylic acids is 1. The van der Waals surface area contributed by atoms with E-state index in [0.29, 0.717) is 32.9 Å². The lowest BCUT2D eigenvalue weighted by Crippen LogP contribution is -2.30. The smallest absolute Gasteiger partial charge is 0.269 e. The highest BCUT2D eigenvalue weighted by atomic mass is 35.5. The van der Waals surface area contributed by atoms with Crippen molar-refractivity contribution in [3.63, 3.8) is 0 Å². The van der Waals surface area contributed by atoms with Crippen molar-refractivity contribution in [2.75, 3.05) is 18.3 Å². The summed E-state index contributed by atoms with van der Waals surface area (Å²) in [5.74, 6) is 0.648. The Balaban J connectivity index is 1.68. The second kappa shape index (κ2) is 8.61. The van der Waals surface area contributed by atoms with Crippen molar-refractivity contribution >= 4 is 40.8 Å². The highest BCUT2D eigenvalue weighted by molar-refractivity contribution is 7.99. The van der Waals surface area contributed by atoms with Crippen LogP contribution in [0.4, 0.5) is 11.5 Å². The molecule has 0 atom stereocenters. The zero-order valence-corrected chi connectivity index (χ0v) is 15.8. The molecule has 0 saturated carbocycles. The van der Waals surface area contributed by atoms with Gasteiger partial charge in [0.2, 0.25) is 0 Å². The Bertz CT molecular complexity index is 935. The van der Waals surface area contributed by atoms with Gasteiger partial charge in [-0.15, -0.1) is 0 Å². The molecule has 0 bridgehead atoms. The fraction of sp³-hybridized carbons (Fsp3) is 0.0556. The highest BCUT2D eigenvalue weighted by Gasteiger charge is 2.11. The number of aromatic nitrogens is 2. The molecule has 3 aromatic rings. The maximum absolute atomic E-state index is 12.2. The summed E-state index contributed by atoms with van der Waals surface area (Å²) in [6, 6.07) is 14.0. The monoisotopic (exact) mass is 401 g/mol. The average Bonchev–Trinajstić information content (AvgIpc) is 2.70. The Kier molecular flexibility index (Phi) is 6.00. The minimum atomic E-state index is -0.331. The van der Waals surface area contributed by atoms with Gasteiger partial charge in [0.05, 0.1) is 7.11 Å². The first-order chi connectivity index (χ1) is 13.1. The summed E-state index contributed by atoms with van der Waals surface area (Å²) < 4.78 is 5.07. The number of nitrogens with one attached hydrogen (secondary N) is 2. The minimum Gasteiger partial charge on any atom is -0.497 e. The molecule has 0 aliphatic rings. The average molecular weight is 402 g/mol. The molecule has 0 aliphatic carbocycles. The molecule has 0 aliphatic heterocycles. The quantitative estimate of drug-likeness (QED) is 0.428. The number of nitrogens with two attached hydrogens (primary N) is 1. The Labute approximate surface area is 165 Å². The van der Waals surface area contributed by atoms with E-state index < -0.39 is 0 Å². The lowest BCUT2D eigenvalue weighted by atomic mass is 10.2. The van der Waals surface area contributed by atoms with Crippen LogP contribution >= 0.6 is 23.4 Å². The molecular formula is C18H16ClN5O2S. The number of hydrazine groups is 1. The van der Waals surface area contributed by atoms with Crippen LogP contribution in [0.15, 0.2) is 64.8 Å². The normalized spacial score (nSPS) is 10.3. The van der Waals surface area contributed by atoms with Crippen LogP contribution < -0.4 is 21.3 Å². The number of anilines is 2. The molecule has 4 N–H and O–H groups in total. The number of hydrogen-bond acceptors (Lipinski definition) is 7. The van der Waals surface area contributed by atoms with E-state index >= 15 is 0 Å². The molecule has 1 amide bonds. The Morgan fingerprint density at radius 3 is 2.48 bits per heavy atom. The first kappa shape index (κ1) is 18.8. The van der Waals surface area contributed by atoms with E-state index in [2.05, 4.69) is 20.8 Å². The van der Waals surface area contributed by atoms with Crippen LogP contribution in [0.3, 0.4) is 0 Å². The summed E-state index contributed by atoms with van der Waals surface area (Å²) in [6.07, 6.45) is 1.37. The van der Waals surface area contributed by atoms with Crippen molar-refractivity contribution in [3.8, 4) is 5.75 Å². The summed E-state index contributed by atoms with van der Waals surface area (Å²) in [5.41, 5.74) is 12.2. The highest BCUT2D eigenvalue weighted by Crippen LogP contribution is 2.33. The maximum atomic E-state index is 12.2. The molecule has 3 rings (SSSR count). The number of rotatable bonds is 6. The number of amides is 1. The molecule has 2 aromatic carbocycles. The largest absolute Gasteiger partial charge is 0.497 e. The van der Waals surface area contributed by atoms with Gasteiger partial charge in [-0.2, -0.15) is 0 Å². The van der Waals surface area contributed by atoms with Gasteiger partial charge in [0.1, 0.15) is 22.8 Å². The SMILES string of the molecule is COc1ccc(C(=O)NNc2ncnc(Sc3ccc(Cl)cc3)c2N)cc1. The fourth-order valence-electron chi connectivity index (χ4n) is 2.11. The summed E-state index contributed by atoms with van der Waals surface area (Å²) in [6.45, 7) is 0. The van der Waals surface area contributed by atoms with Crippen LogP contribution in [-0.4, -0.2) is 23.0 Å². The van der Waals surface area contributed by atoms with Gasteiger partial charge in [-0.25, -0.2) is 9.97 Å². The number of benzene rings is 2. The van der Waals surface area contributed by atoms with Crippen molar-refractivity contribution < 1.29 is 9.53 Å². The van der Waals surface area contributed by atoms with Crippen LogP contribution in [0.2, 0.25) is 5.02 Å². The third-order valence-corrected chi connectivity index (χ3v) is 4.80. The fourth-order valence-corrected chi connectivity index (χ4v) is 3.03. The Hall–Kier alpha value is -2.97. The molecule has 0 saturated heterocycles. The topological polar surface area (TPSA) is 102 Å². The Morgan fingerprint density at radius 2 is 1.81 bits per heavy atom. The van der Waals surface area contributed by atoms with Crippen LogP contribution in [0.1, 0.15) is 10.4 Å². The molecule has 27 heavy (non-hydrogen) atoms. The van der Waals surface area contributed by atoms with Crippen molar-refractivity contribution in [2.24, 2.45) is 0 Å². The van der Waals surface area contributed by atoms with Crippen LogP contribution in [0, 0.1) is 0 Å². The number of methoxy groups -OCH3 is 1. The lowest BCUT2D eigenvalue weighted by Gasteiger charge is -2.12. The summed E-state index contributed by atoms with van der Waals surface area (Å²) in [7, 11) is 1.56. The van der Waals surface area contributed by atoms with Gasteiger partial charge in [0.15, 0.2) is 5.82 Å². The number of hydrogen-bond donors (Lipinski definition) is 3. The van der Waals surface area contributed by atoms with Crippen molar-refractivity contribution in [3.05, 3.63) is 65.4 Å².